The van der Waals surface area contributed by atoms with Crippen molar-refractivity contribution < 1.29 is 4.74 Å². The quantitative estimate of drug-likeness (QED) is 0.449. The van der Waals surface area contributed by atoms with E-state index >= 15 is 0 Å². The highest BCUT2D eigenvalue weighted by Gasteiger charge is 2.15. The van der Waals surface area contributed by atoms with Crippen molar-refractivity contribution >= 4 is 22.4 Å². The van der Waals surface area contributed by atoms with Crippen LogP contribution in [0.15, 0.2) is 60.9 Å². The van der Waals surface area contributed by atoms with E-state index in [2.05, 4.69) is 58.4 Å². The summed E-state index contributed by atoms with van der Waals surface area (Å²) in [6.45, 7) is 7.33. The molecule has 0 amide bonds. The van der Waals surface area contributed by atoms with Crippen molar-refractivity contribution in [2.75, 3.05) is 17.6 Å². The molecule has 4 rings (SSSR count). The van der Waals surface area contributed by atoms with E-state index in [9.17, 15) is 0 Å². The Morgan fingerprint density at radius 2 is 1.83 bits per heavy atom. The van der Waals surface area contributed by atoms with Crippen LogP contribution in [0.5, 0.6) is 11.6 Å². The van der Waals surface area contributed by atoms with Crippen LogP contribution < -0.4 is 15.8 Å². The summed E-state index contributed by atoms with van der Waals surface area (Å²) < 4.78 is 6.39. The standard InChI is InChI=1S/C24H25N5O/c1-15(2)14-28-20-8-4-6-18-17(20)10-9-16(3)22(18)30-23-19(7-5-12-26-23)21-11-13-27-24(25)29-21/h4-13,15,28H,14H2,1-3H3,(H2,25,27,29). The number of rotatable bonds is 6. The van der Waals surface area contributed by atoms with Gasteiger partial charge in [-0.05, 0) is 42.7 Å². The zero-order valence-electron chi connectivity index (χ0n) is 17.4. The number of nitrogens with two attached hydrogens (primary N) is 1. The van der Waals surface area contributed by atoms with Crippen LogP contribution in [-0.2, 0) is 0 Å². The second-order valence-corrected chi connectivity index (χ2v) is 7.65. The monoisotopic (exact) mass is 399 g/mol. The molecule has 0 unspecified atom stereocenters. The third kappa shape index (κ3) is 4.03. The first-order valence-electron chi connectivity index (χ1n) is 10.0. The fourth-order valence-corrected chi connectivity index (χ4v) is 3.33. The van der Waals surface area contributed by atoms with Gasteiger partial charge in [0.1, 0.15) is 5.75 Å². The number of fused-ring (bicyclic) bond motifs is 1. The van der Waals surface area contributed by atoms with E-state index in [0.717, 1.165) is 39.9 Å². The van der Waals surface area contributed by atoms with E-state index in [1.54, 1.807) is 18.5 Å². The minimum atomic E-state index is 0.213. The first-order valence-corrected chi connectivity index (χ1v) is 10.0. The number of nitrogens with zero attached hydrogens (tertiary/aromatic N) is 3. The van der Waals surface area contributed by atoms with Crippen LogP contribution >= 0.6 is 0 Å². The molecule has 0 aliphatic carbocycles. The topological polar surface area (TPSA) is 86.0 Å². The van der Waals surface area contributed by atoms with Crippen molar-refractivity contribution in [3.63, 3.8) is 0 Å². The molecule has 0 bridgehead atoms. The first kappa shape index (κ1) is 19.6. The fraction of sp³-hybridized carbons (Fsp3) is 0.208. The van der Waals surface area contributed by atoms with Gasteiger partial charge in [-0.3, -0.25) is 0 Å². The molecule has 0 aliphatic heterocycles. The summed E-state index contributed by atoms with van der Waals surface area (Å²) in [6, 6.07) is 16.0. The van der Waals surface area contributed by atoms with Crippen LogP contribution in [0.25, 0.3) is 22.0 Å². The lowest BCUT2D eigenvalue weighted by Gasteiger charge is -2.16. The molecule has 0 atom stereocenters. The highest BCUT2D eigenvalue weighted by Crippen LogP contribution is 2.38. The van der Waals surface area contributed by atoms with Gasteiger partial charge in [0.2, 0.25) is 11.8 Å². The number of ether oxygens (including phenoxy) is 1. The van der Waals surface area contributed by atoms with Crippen molar-refractivity contribution in [1.29, 1.82) is 0 Å². The largest absolute Gasteiger partial charge is 0.437 e. The van der Waals surface area contributed by atoms with Gasteiger partial charge in [-0.25, -0.2) is 15.0 Å². The van der Waals surface area contributed by atoms with E-state index in [1.807, 2.05) is 25.1 Å². The molecule has 6 nitrogen and oxygen atoms in total. The zero-order valence-corrected chi connectivity index (χ0v) is 17.4. The smallest absolute Gasteiger partial charge is 0.228 e. The van der Waals surface area contributed by atoms with Gasteiger partial charge in [0.15, 0.2) is 0 Å². The minimum absolute atomic E-state index is 0.213. The van der Waals surface area contributed by atoms with Crippen molar-refractivity contribution in [1.82, 2.24) is 15.0 Å². The Labute approximate surface area is 176 Å². The predicted octanol–water partition coefficient (Wildman–Crippen LogP) is 5.44. The molecule has 152 valence electrons. The van der Waals surface area contributed by atoms with E-state index in [1.165, 1.54) is 0 Å². The maximum Gasteiger partial charge on any atom is 0.228 e. The summed E-state index contributed by atoms with van der Waals surface area (Å²) in [5.41, 5.74) is 9.33. The van der Waals surface area contributed by atoms with Gasteiger partial charge in [-0.15, -0.1) is 0 Å². The summed E-state index contributed by atoms with van der Waals surface area (Å²) in [5.74, 6) is 2.02. The maximum atomic E-state index is 6.39. The normalized spacial score (nSPS) is 11.1. The van der Waals surface area contributed by atoms with Crippen LogP contribution in [0.4, 0.5) is 11.6 Å². The van der Waals surface area contributed by atoms with Crippen molar-refractivity contribution in [3.8, 4) is 22.9 Å². The van der Waals surface area contributed by atoms with E-state index in [-0.39, 0.29) is 5.95 Å². The molecule has 0 spiro atoms. The highest BCUT2D eigenvalue weighted by atomic mass is 16.5. The molecule has 0 saturated heterocycles. The molecule has 4 aromatic rings. The van der Waals surface area contributed by atoms with Crippen molar-refractivity contribution in [2.24, 2.45) is 5.92 Å². The molecule has 6 heteroatoms. The predicted molar refractivity (Wildman–Crippen MR) is 122 cm³/mol. The van der Waals surface area contributed by atoms with Gasteiger partial charge < -0.3 is 15.8 Å². The van der Waals surface area contributed by atoms with Crippen LogP contribution in [0.1, 0.15) is 19.4 Å². The zero-order chi connectivity index (χ0) is 21.1. The Kier molecular flexibility index (Phi) is 5.48. The lowest BCUT2D eigenvalue weighted by molar-refractivity contribution is 0.466. The lowest BCUT2D eigenvalue weighted by atomic mass is 10.0. The number of anilines is 2. The molecule has 0 saturated carbocycles. The summed E-state index contributed by atoms with van der Waals surface area (Å²) >= 11 is 0. The van der Waals surface area contributed by atoms with Crippen LogP contribution in [0.2, 0.25) is 0 Å². The van der Waals surface area contributed by atoms with E-state index < -0.39 is 0 Å². The van der Waals surface area contributed by atoms with Gasteiger partial charge in [-0.2, -0.15) is 0 Å². The minimum Gasteiger partial charge on any atom is -0.437 e. The van der Waals surface area contributed by atoms with Gasteiger partial charge in [0.05, 0.1) is 11.3 Å². The summed E-state index contributed by atoms with van der Waals surface area (Å²) in [5, 5.41) is 5.68. The molecule has 2 aromatic carbocycles. The molecule has 2 heterocycles. The average molecular weight is 399 g/mol. The Morgan fingerprint density at radius 3 is 2.63 bits per heavy atom. The molecule has 2 aromatic heterocycles. The molecular weight excluding hydrogens is 374 g/mol. The molecular formula is C24H25N5O. The summed E-state index contributed by atoms with van der Waals surface area (Å²) in [6.07, 6.45) is 3.34. The number of nitrogens with one attached hydrogen (secondary N) is 1. The lowest BCUT2D eigenvalue weighted by Crippen LogP contribution is -2.08. The van der Waals surface area contributed by atoms with Gasteiger partial charge in [0.25, 0.3) is 0 Å². The summed E-state index contributed by atoms with van der Waals surface area (Å²) in [4.78, 5) is 12.8. The van der Waals surface area contributed by atoms with Crippen LogP contribution in [0.3, 0.4) is 0 Å². The number of nitrogen functional groups attached to an aromatic ring is 1. The molecule has 0 fully saturated rings. The number of aromatic nitrogens is 3. The maximum absolute atomic E-state index is 6.39. The second-order valence-electron chi connectivity index (χ2n) is 7.65. The Morgan fingerprint density at radius 1 is 0.967 bits per heavy atom. The second kappa shape index (κ2) is 8.37. The SMILES string of the molecule is Cc1ccc2c(NCC(C)C)cccc2c1Oc1ncccc1-c1ccnc(N)n1. The third-order valence-electron chi connectivity index (χ3n) is 4.83. The Balaban J connectivity index is 1.78. The van der Waals surface area contributed by atoms with Gasteiger partial charge in [0, 0.05) is 35.4 Å². The fourth-order valence-electron chi connectivity index (χ4n) is 3.33. The van der Waals surface area contributed by atoms with Gasteiger partial charge in [-0.1, -0.05) is 38.1 Å². The van der Waals surface area contributed by atoms with E-state index in [4.69, 9.17) is 10.5 Å². The van der Waals surface area contributed by atoms with Crippen LogP contribution in [-0.4, -0.2) is 21.5 Å². The average Bonchev–Trinajstić information content (AvgIpc) is 2.74. The third-order valence-corrected chi connectivity index (χ3v) is 4.83. The molecule has 0 radical (unpaired) electrons. The van der Waals surface area contributed by atoms with Crippen molar-refractivity contribution in [2.45, 2.75) is 20.8 Å². The number of hydrogen-bond donors (Lipinski definition) is 2. The Bertz CT molecular complexity index is 1190. The molecule has 30 heavy (non-hydrogen) atoms. The number of aryl methyl sites for hydroxylation is 1. The van der Waals surface area contributed by atoms with E-state index in [0.29, 0.717) is 17.5 Å². The Hall–Kier alpha value is -3.67. The highest BCUT2D eigenvalue weighted by molar-refractivity contribution is 5.98. The van der Waals surface area contributed by atoms with Gasteiger partial charge >= 0.3 is 0 Å². The van der Waals surface area contributed by atoms with Crippen molar-refractivity contribution in [3.05, 3.63) is 66.5 Å². The number of benzene rings is 2. The first-order chi connectivity index (χ1) is 14.5. The number of hydrogen-bond acceptors (Lipinski definition) is 6. The summed E-state index contributed by atoms with van der Waals surface area (Å²) in [7, 11) is 0. The number of pyridine rings is 1. The molecule has 0 aliphatic rings. The van der Waals surface area contributed by atoms with Crippen LogP contribution in [0, 0.1) is 12.8 Å². The molecule has 3 N–H and O–H groups in total.